The minimum absolute atomic E-state index is 0.103. The van der Waals surface area contributed by atoms with E-state index in [9.17, 15) is 13.2 Å². The van der Waals surface area contributed by atoms with Crippen LogP contribution in [0, 0.1) is 20.8 Å². The van der Waals surface area contributed by atoms with Crippen molar-refractivity contribution in [1.82, 2.24) is 9.13 Å². The number of nitrogens with zero attached hydrogens (tertiary/aromatic N) is 2. The molecule has 0 aliphatic carbocycles. The van der Waals surface area contributed by atoms with Crippen LogP contribution >= 0.6 is 0 Å². The van der Waals surface area contributed by atoms with E-state index in [2.05, 4.69) is 5.16 Å². The second-order valence-corrected chi connectivity index (χ2v) is 7.10. The Hall–Kier alpha value is -2.61. The fourth-order valence-corrected chi connectivity index (χ4v) is 4.37. The quantitative estimate of drug-likeness (QED) is 0.716. The summed E-state index contributed by atoms with van der Waals surface area (Å²) in [5.74, 6) is 0.132. The Morgan fingerprint density at radius 1 is 1.17 bits per heavy atom. The highest BCUT2D eigenvalue weighted by molar-refractivity contribution is 7.90. The zero-order valence-corrected chi connectivity index (χ0v) is 13.6. The van der Waals surface area contributed by atoms with Crippen LogP contribution < -0.4 is 11.3 Å². The summed E-state index contributed by atoms with van der Waals surface area (Å²) in [7, 11) is -4.16. The van der Waals surface area contributed by atoms with E-state index in [-0.39, 0.29) is 21.9 Å². The number of pyridine rings is 1. The molecule has 1 aromatic carbocycles. The fraction of sp³-hybridized carbons (Fsp3) is 0.200. The minimum Gasteiger partial charge on any atom is -0.399 e. The van der Waals surface area contributed by atoms with E-state index in [1.54, 1.807) is 25.1 Å². The van der Waals surface area contributed by atoms with Gasteiger partial charge in [-0.15, -0.1) is 0 Å². The molecule has 2 aromatic heterocycles. The maximum absolute atomic E-state index is 13.1. The van der Waals surface area contributed by atoms with E-state index in [1.807, 2.05) is 0 Å². The third-order valence-electron chi connectivity index (χ3n) is 3.63. The van der Waals surface area contributed by atoms with Crippen LogP contribution in [-0.4, -0.2) is 17.5 Å². The Morgan fingerprint density at radius 3 is 2.48 bits per heavy atom. The van der Waals surface area contributed by atoms with Gasteiger partial charge in [0.2, 0.25) is 0 Å². The Labute approximate surface area is 132 Å². The van der Waals surface area contributed by atoms with Crippen LogP contribution in [0.15, 0.2) is 38.5 Å². The van der Waals surface area contributed by atoms with Crippen molar-refractivity contribution in [1.29, 1.82) is 0 Å². The van der Waals surface area contributed by atoms with Crippen molar-refractivity contribution < 1.29 is 12.9 Å². The maximum atomic E-state index is 13.1. The van der Waals surface area contributed by atoms with Crippen molar-refractivity contribution in [2.75, 3.05) is 5.73 Å². The lowest BCUT2D eigenvalue weighted by Crippen LogP contribution is -2.30. The van der Waals surface area contributed by atoms with Crippen molar-refractivity contribution in [3.05, 3.63) is 51.6 Å². The summed E-state index contributed by atoms with van der Waals surface area (Å²) >= 11 is 0. The van der Waals surface area contributed by atoms with Gasteiger partial charge in [0.1, 0.15) is 5.69 Å². The van der Waals surface area contributed by atoms with Gasteiger partial charge in [0, 0.05) is 11.3 Å². The highest BCUT2D eigenvalue weighted by Crippen LogP contribution is 2.25. The third kappa shape index (κ3) is 2.22. The van der Waals surface area contributed by atoms with Gasteiger partial charge in [-0.1, -0.05) is 11.2 Å². The number of anilines is 1. The van der Waals surface area contributed by atoms with E-state index in [1.165, 1.54) is 19.9 Å². The van der Waals surface area contributed by atoms with Gasteiger partial charge in [0.05, 0.1) is 5.52 Å². The lowest BCUT2D eigenvalue weighted by Gasteiger charge is -2.12. The fourth-order valence-electron chi connectivity index (χ4n) is 2.60. The minimum atomic E-state index is -4.16. The van der Waals surface area contributed by atoms with E-state index in [0.29, 0.717) is 16.6 Å². The average molecular weight is 333 g/mol. The summed E-state index contributed by atoms with van der Waals surface area (Å²) < 4.78 is 31.8. The summed E-state index contributed by atoms with van der Waals surface area (Å²) in [5.41, 5.74) is 6.25. The molecule has 0 spiro atoms. The van der Waals surface area contributed by atoms with Crippen LogP contribution in [0.4, 0.5) is 5.69 Å². The SMILES string of the molecule is Cc1noc(C)c1S(=O)(=O)n1c(=O)c(C)cc2ccc(N)cc21. The topological polar surface area (TPSA) is 108 Å². The van der Waals surface area contributed by atoms with Crippen LogP contribution in [0.5, 0.6) is 0 Å². The average Bonchev–Trinajstić information content (AvgIpc) is 2.80. The number of aryl methyl sites for hydroxylation is 3. The zero-order chi connectivity index (χ0) is 16.9. The standard InChI is InChI=1S/C15H15N3O4S/c1-8-6-11-4-5-12(16)7-13(11)18(15(8)19)23(20,21)14-9(2)17-22-10(14)3/h4-7H,16H2,1-3H3. The van der Waals surface area contributed by atoms with Crippen LogP contribution in [0.1, 0.15) is 17.0 Å². The molecule has 0 saturated carbocycles. The Balaban J connectivity index is 2.51. The number of rotatable bonds is 2. The van der Waals surface area contributed by atoms with Gasteiger partial charge >= 0.3 is 0 Å². The van der Waals surface area contributed by atoms with Crippen molar-refractivity contribution in [2.45, 2.75) is 25.7 Å². The molecule has 2 heterocycles. The maximum Gasteiger partial charge on any atom is 0.276 e. The molecular weight excluding hydrogens is 318 g/mol. The molecule has 0 aliphatic heterocycles. The molecule has 7 nitrogen and oxygen atoms in total. The molecule has 0 bridgehead atoms. The molecule has 0 fully saturated rings. The molecular formula is C15H15N3O4S. The highest BCUT2D eigenvalue weighted by Gasteiger charge is 2.29. The summed E-state index contributed by atoms with van der Waals surface area (Å²) in [4.78, 5) is 12.4. The number of nitrogen functional groups attached to an aromatic ring is 1. The molecule has 3 rings (SSSR count). The lowest BCUT2D eigenvalue weighted by atomic mass is 10.1. The first-order chi connectivity index (χ1) is 10.7. The molecule has 0 radical (unpaired) electrons. The van der Waals surface area contributed by atoms with E-state index in [0.717, 1.165) is 3.97 Å². The second-order valence-electron chi connectivity index (χ2n) is 5.37. The zero-order valence-electron chi connectivity index (χ0n) is 12.8. The van der Waals surface area contributed by atoms with E-state index in [4.69, 9.17) is 10.3 Å². The van der Waals surface area contributed by atoms with Gasteiger partial charge in [-0.2, -0.15) is 3.97 Å². The van der Waals surface area contributed by atoms with Crippen LogP contribution in [-0.2, 0) is 10.0 Å². The Morgan fingerprint density at radius 2 is 1.87 bits per heavy atom. The van der Waals surface area contributed by atoms with Gasteiger partial charge in [-0.05, 0) is 44.4 Å². The summed E-state index contributed by atoms with van der Waals surface area (Å²) in [6.45, 7) is 4.57. The first-order valence-corrected chi connectivity index (χ1v) is 8.28. The van der Waals surface area contributed by atoms with Crippen molar-refractivity contribution in [3.8, 4) is 0 Å². The predicted molar refractivity (Wildman–Crippen MR) is 85.9 cm³/mol. The Kier molecular flexibility index (Phi) is 3.29. The van der Waals surface area contributed by atoms with Gasteiger partial charge < -0.3 is 10.3 Å². The van der Waals surface area contributed by atoms with Gasteiger partial charge in [-0.25, -0.2) is 8.42 Å². The molecule has 3 aromatic rings. The summed E-state index contributed by atoms with van der Waals surface area (Å²) in [6, 6.07) is 6.43. The van der Waals surface area contributed by atoms with Crippen LogP contribution in [0.25, 0.3) is 10.9 Å². The number of benzene rings is 1. The first kappa shape index (κ1) is 15.3. The van der Waals surface area contributed by atoms with E-state index >= 15 is 0 Å². The number of fused-ring (bicyclic) bond motifs is 1. The van der Waals surface area contributed by atoms with Gasteiger partial charge in [0.25, 0.3) is 15.6 Å². The predicted octanol–water partition coefficient (Wildman–Crippen LogP) is 1.73. The highest BCUT2D eigenvalue weighted by atomic mass is 32.2. The number of hydrogen-bond acceptors (Lipinski definition) is 6. The molecule has 0 saturated heterocycles. The molecule has 0 amide bonds. The molecule has 23 heavy (non-hydrogen) atoms. The lowest BCUT2D eigenvalue weighted by molar-refractivity contribution is 0.390. The van der Waals surface area contributed by atoms with E-state index < -0.39 is 15.6 Å². The van der Waals surface area contributed by atoms with Crippen LogP contribution in [0.2, 0.25) is 0 Å². The Bertz CT molecular complexity index is 1070. The summed E-state index contributed by atoms with van der Waals surface area (Å²) in [5, 5.41) is 4.27. The monoisotopic (exact) mass is 333 g/mol. The third-order valence-corrected chi connectivity index (χ3v) is 5.58. The summed E-state index contributed by atoms with van der Waals surface area (Å²) in [6.07, 6.45) is 0. The largest absolute Gasteiger partial charge is 0.399 e. The second kappa shape index (κ2) is 4.95. The molecule has 0 aliphatic rings. The number of aromatic nitrogens is 2. The normalized spacial score (nSPS) is 12.0. The molecule has 120 valence electrons. The molecule has 0 atom stereocenters. The van der Waals surface area contributed by atoms with Crippen molar-refractivity contribution in [2.24, 2.45) is 0 Å². The van der Waals surface area contributed by atoms with Crippen molar-refractivity contribution in [3.63, 3.8) is 0 Å². The van der Waals surface area contributed by atoms with Gasteiger partial charge in [0.15, 0.2) is 10.7 Å². The number of hydrogen-bond donors (Lipinski definition) is 1. The smallest absolute Gasteiger partial charge is 0.276 e. The number of nitrogens with two attached hydrogens (primary N) is 1. The molecule has 2 N–H and O–H groups in total. The molecule has 8 heteroatoms. The van der Waals surface area contributed by atoms with Gasteiger partial charge in [-0.3, -0.25) is 4.79 Å². The van der Waals surface area contributed by atoms with Crippen molar-refractivity contribution >= 4 is 26.6 Å². The van der Waals surface area contributed by atoms with Crippen LogP contribution in [0.3, 0.4) is 0 Å². The molecule has 0 unspecified atom stereocenters. The first-order valence-electron chi connectivity index (χ1n) is 6.84.